The van der Waals surface area contributed by atoms with Gasteiger partial charge in [-0.2, -0.15) is 0 Å². The van der Waals surface area contributed by atoms with Gasteiger partial charge in [-0.1, -0.05) is 73.7 Å². The molecule has 2 heteroatoms. The average Bonchev–Trinajstić information content (AvgIpc) is 2.77. The second-order valence-corrected chi connectivity index (χ2v) is 8.34. The molecule has 0 bridgehead atoms. The van der Waals surface area contributed by atoms with E-state index in [0.29, 0.717) is 12.4 Å². The first-order valence-corrected chi connectivity index (χ1v) is 10.9. The molecule has 2 aliphatic rings. The third kappa shape index (κ3) is 3.08. The molecular formula is C28H26O2. The van der Waals surface area contributed by atoms with E-state index in [9.17, 15) is 4.79 Å². The van der Waals surface area contributed by atoms with Gasteiger partial charge < -0.3 is 4.74 Å². The van der Waals surface area contributed by atoms with E-state index in [-0.39, 0.29) is 11.2 Å². The lowest BCUT2D eigenvalue weighted by molar-refractivity contribution is 0.103. The number of ketones is 1. The molecule has 150 valence electrons. The van der Waals surface area contributed by atoms with Crippen molar-refractivity contribution in [3.63, 3.8) is 0 Å². The normalized spacial score (nSPS) is 16.4. The maximum Gasteiger partial charge on any atom is 0.189 e. The van der Waals surface area contributed by atoms with Crippen molar-refractivity contribution in [2.24, 2.45) is 0 Å². The Kier molecular flexibility index (Phi) is 4.78. The van der Waals surface area contributed by atoms with E-state index in [2.05, 4.69) is 67.6 Å². The highest BCUT2D eigenvalue weighted by Gasteiger charge is 2.40. The third-order valence-electron chi connectivity index (χ3n) is 6.40. The van der Waals surface area contributed by atoms with E-state index in [1.165, 1.54) is 21.9 Å². The largest absolute Gasteiger partial charge is 0.492 e. The maximum absolute atomic E-state index is 12.9. The van der Waals surface area contributed by atoms with Crippen LogP contribution in [0.4, 0.5) is 0 Å². The van der Waals surface area contributed by atoms with Crippen molar-refractivity contribution in [2.45, 2.75) is 38.0 Å². The lowest BCUT2D eigenvalue weighted by atomic mass is 9.63. The predicted octanol–water partition coefficient (Wildman–Crippen LogP) is 6.36. The summed E-state index contributed by atoms with van der Waals surface area (Å²) in [4.78, 5) is 12.9. The fourth-order valence-corrected chi connectivity index (χ4v) is 5.10. The van der Waals surface area contributed by atoms with Crippen molar-refractivity contribution >= 4 is 16.6 Å². The van der Waals surface area contributed by atoms with Crippen molar-refractivity contribution in [1.29, 1.82) is 0 Å². The molecule has 30 heavy (non-hydrogen) atoms. The summed E-state index contributed by atoms with van der Waals surface area (Å²) in [5.41, 5.74) is 4.35. The molecule has 0 saturated heterocycles. The van der Waals surface area contributed by atoms with Gasteiger partial charge in [0.15, 0.2) is 5.78 Å². The quantitative estimate of drug-likeness (QED) is 0.371. The second kappa shape index (κ2) is 7.60. The van der Waals surface area contributed by atoms with Crippen LogP contribution in [0, 0.1) is 0 Å². The Morgan fingerprint density at radius 2 is 1.70 bits per heavy atom. The highest BCUT2D eigenvalue weighted by atomic mass is 16.5. The van der Waals surface area contributed by atoms with Gasteiger partial charge in [-0.15, -0.1) is 0 Å². The highest BCUT2D eigenvalue weighted by molar-refractivity contribution is 6.09. The molecule has 1 spiro atoms. The van der Waals surface area contributed by atoms with Crippen molar-refractivity contribution in [3.05, 3.63) is 101 Å². The van der Waals surface area contributed by atoms with Crippen molar-refractivity contribution in [3.8, 4) is 5.75 Å². The summed E-state index contributed by atoms with van der Waals surface area (Å²) in [6, 6.07) is 19.2. The molecule has 5 rings (SSSR count). The molecule has 3 aromatic carbocycles. The summed E-state index contributed by atoms with van der Waals surface area (Å²) in [5.74, 6) is 0.760. The van der Waals surface area contributed by atoms with Gasteiger partial charge in [0, 0.05) is 5.41 Å². The smallest absolute Gasteiger partial charge is 0.189 e. The Bertz CT molecular complexity index is 1140. The Morgan fingerprint density at radius 3 is 2.43 bits per heavy atom. The number of hydrogen-bond donors (Lipinski definition) is 0. The van der Waals surface area contributed by atoms with E-state index < -0.39 is 0 Å². The van der Waals surface area contributed by atoms with Crippen LogP contribution in [0.2, 0.25) is 0 Å². The lowest BCUT2D eigenvalue weighted by Gasteiger charge is -2.39. The molecule has 0 fully saturated rings. The number of carbonyl (C=O) groups is 1. The molecule has 3 aromatic rings. The molecule has 0 unspecified atom stereocenters. The first-order chi connectivity index (χ1) is 14.7. The standard InChI is InChI=1S/C28H26O2/c1-2-3-4-5-17-30-25-14-8-13-23-27(25)24(29)15-16-28(23)18-21-11-6-9-20-10-7-12-22(19-28)26(20)21/h3-4,6-16H,2,5,17-19H2,1H3/b4-3+. The average molecular weight is 395 g/mol. The van der Waals surface area contributed by atoms with Crippen LogP contribution in [0.3, 0.4) is 0 Å². The fourth-order valence-electron chi connectivity index (χ4n) is 5.10. The summed E-state index contributed by atoms with van der Waals surface area (Å²) >= 11 is 0. The predicted molar refractivity (Wildman–Crippen MR) is 122 cm³/mol. The molecule has 0 atom stereocenters. The Labute approximate surface area is 177 Å². The van der Waals surface area contributed by atoms with Crippen LogP contribution in [0.1, 0.15) is 46.8 Å². The van der Waals surface area contributed by atoms with Gasteiger partial charge in [-0.25, -0.2) is 0 Å². The molecule has 0 N–H and O–H groups in total. The van der Waals surface area contributed by atoms with E-state index in [4.69, 9.17) is 4.74 Å². The summed E-state index contributed by atoms with van der Waals surface area (Å²) in [5, 5.41) is 2.68. The minimum Gasteiger partial charge on any atom is -0.492 e. The van der Waals surface area contributed by atoms with Crippen molar-refractivity contribution < 1.29 is 9.53 Å². The van der Waals surface area contributed by atoms with E-state index >= 15 is 0 Å². The molecule has 2 aliphatic carbocycles. The zero-order valence-electron chi connectivity index (χ0n) is 17.4. The number of carbonyl (C=O) groups excluding carboxylic acids is 1. The number of benzene rings is 3. The minimum atomic E-state index is -0.201. The van der Waals surface area contributed by atoms with Crippen LogP contribution >= 0.6 is 0 Å². The zero-order valence-corrected chi connectivity index (χ0v) is 17.4. The Hall–Kier alpha value is -3.13. The Morgan fingerprint density at radius 1 is 0.967 bits per heavy atom. The third-order valence-corrected chi connectivity index (χ3v) is 6.40. The summed E-state index contributed by atoms with van der Waals surface area (Å²) < 4.78 is 6.08. The fraction of sp³-hybridized carbons (Fsp3) is 0.250. The zero-order chi connectivity index (χ0) is 20.6. The summed E-state index contributed by atoms with van der Waals surface area (Å²) in [6.45, 7) is 2.71. The minimum absolute atomic E-state index is 0.0485. The van der Waals surface area contributed by atoms with Crippen LogP contribution < -0.4 is 4.74 Å². The molecule has 0 amide bonds. The lowest BCUT2D eigenvalue weighted by Crippen LogP contribution is -2.36. The topological polar surface area (TPSA) is 26.3 Å². The van der Waals surface area contributed by atoms with Crippen LogP contribution in [-0.4, -0.2) is 12.4 Å². The van der Waals surface area contributed by atoms with E-state index in [0.717, 1.165) is 36.8 Å². The van der Waals surface area contributed by atoms with Crippen molar-refractivity contribution in [1.82, 2.24) is 0 Å². The van der Waals surface area contributed by atoms with Gasteiger partial charge in [0.1, 0.15) is 5.75 Å². The van der Waals surface area contributed by atoms with Gasteiger partial charge in [0.25, 0.3) is 0 Å². The first kappa shape index (κ1) is 18.9. The molecular weight excluding hydrogens is 368 g/mol. The molecule has 0 aliphatic heterocycles. The van der Waals surface area contributed by atoms with Gasteiger partial charge in [-0.3, -0.25) is 4.79 Å². The van der Waals surface area contributed by atoms with Crippen LogP contribution in [-0.2, 0) is 18.3 Å². The molecule has 0 heterocycles. The maximum atomic E-state index is 12.9. The number of hydrogen-bond acceptors (Lipinski definition) is 2. The number of allylic oxidation sites excluding steroid dienone is 3. The van der Waals surface area contributed by atoms with E-state index in [1.54, 1.807) is 6.08 Å². The van der Waals surface area contributed by atoms with Gasteiger partial charge in [-0.05, 0) is 65.3 Å². The van der Waals surface area contributed by atoms with Crippen LogP contribution in [0.25, 0.3) is 10.8 Å². The van der Waals surface area contributed by atoms with E-state index in [1.807, 2.05) is 12.1 Å². The summed E-state index contributed by atoms with van der Waals surface area (Å²) in [7, 11) is 0. The first-order valence-electron chi connectivity index (χ1n) is 10.9. The van der Waals surface area contributed by atoms with Gasteiger partial charge in [0.05, 0.1) is 12.2 Å². The second-order valence-electron chi connectivity index (χ2n) is 8.34. The van der Waals surface area contributed by atoms with Gasteiger partial charge >= 0.3 is 0 Å². The monoisotopic (exact) mass is 394 g/mol. The SMILES string of the molecule is CC/C=C/CCOc1cccc2c1C(=O)C=CC21Cc2cccc3cccc(c23)C1. The number of ether oxygens (including phenoxy) is 1. The highest BCUT2D eigenvalue weighted by Crippen LogP contribution is 2.46. The molecule has 2 nitrogen and oxygen atoms in total. The van der Waals surface area contributed by atoms with Crippen LogP contribution in [0.5, 0.6) is 5.75 Å². The van der Waals surface area contributed by atoms with Gasteiger partial charge in [0.2, 0.25) is 0 Å². The molecule has 0 aromatic heterocycles. The molecule has 0 saturated carbocycles. The molecule has 0 radical (unpaired) electrons. The Balaban J connectivity index is 1.55. The number of rotatable bonds is 5. The number of fused-ring (bicyclic) bond motifs is 2. The van der Waals surface area contributed by atoms with Crippen molar-refractivity contribution in [2.75, 3.05) is 6.61 Å². The summed E-state index contributed by atoms with van der Waals surface area (Å²) in [6.07, 6.45) is 11.9. The van der Waals surface area contributed by atoms with Crippen LogP contribution in [0.15, 0.2) is 78.9 Å².